The highest BCUT2D eigenvalue weighted by Gasteiger charge is 2.60. The quantitative estimate of drug-likeness (QED) is 0.295. The van der Waals surface area contributed by atoms with Gasteiger partial charge >= 0.3 is 6.16 Å². The van der Waals surface area contributed by atoms with Crippen LogP contribution in [-0.2, 0) is 9.47 Å². The molecule has 0 aliphatic heterocycles. The molecule has 5 rings (SSSR count). The number of hydrogen-bond acceptors (Lipinski definition) is 4. The van der Waals surface area contributed by atoms with Crippen LogP contribution in [0.2, 0.25) is 0 Å². The number of benzene rings is 1. The zero-order valence-electron chi connectivity index (χ0n) is 19.8. The lowest BCUT2D eigenvalue weighted by atomic mass is 9.46. The van der Waals surface area contributed by atoms with Gasteiger partial charge in [-0.05, 0) is 93.1 Å². The second-order valence-corrected chi connectivity index (χ2v) is 11.0. The van der Waals surface area contributed by atoms with Crippen LogP contribution in [0.3, 0.4) is 0 Å². The van der Waals surface area contributed by atoms with E-state index >= 15 is 0 Å². The van der Waals surface area contributed by atoms with E-state index in [2.05, 4.69) is 32.9 Å². The van der Waals surface area contributed by atoms with Crippen LogP contribution in [0.1, 0.15) is 65.7 Å². The minimum Gasteiger partial charge on any atom is -0.430 e. The van der Waals surface area contributed by atoms with E-state index in [0.29, 0.717) is 17.8 Å². The first-order valence-electron chi connectivity index (χ1n) is 12.7. The number of allylic oxidation sites excluding steroid dienone is 1. The average molecular weight is 439 g/mol. The topological polar surface area (TPSA) is 44.8 Å². The van der Waals surface area contributed by atoms with Gasteiger partial charge in [-0.2, -0.15) is 0 Å². The molecule has 0 bridgehead atoms. The van der Waals surface area contributed by atoms with Crippen LogP contribution in [0.5, 0.6) is 5.75 Å². The lowest BCUT2D eigenvalue weighted by Crippen LogP contribution is -2.53. The highest BCUT2D eigenvalue weighted by Crippen LogP contribution is 2.65. The molecule has 0 amide bonds. The van der Waals surface area contributed by atoms with E-state index in [1.807, 2.05) is 18.2 Å². The summed E-state index contributed by atoms with van der Waals surface area (Å²) in [6.07, 6.45) is 12.8. The standard InChI is InChI=1S/C28H38O4/c1-4-30-21-14-16-27(2)19(18-21)10-11-22-23-12-13-25(28(23,3)17-15-24(22)27)32-26(29)31-20-8-6-5-7-9-20/h5-9,14,16,19,21-25H,4,10-13,15,17-18H2,1-3H3/t19-,21-,22-,23-,24-,25-,27-,28-/m0/s1. The van der Waals surface area contributed by atoms with Crippen LogP contribution in [0.25, 0.3) is 0 Å². The molecule has 0 radical (unpaired) electrons. The summed E-state index contributed by atoms with van der Waals surface area (Å²) >= 11 is 0. The van der Waals surface area contributed by atoms with E-state index in [1.54, 1.807) is 12.1 Å². The molecule has 0 spiro atoms. The highest BCUT2D eigenvalue weighted by atomic mass is 16.7. The van der Waals surface area contributed by atoms with Crippen LogP contribution >= 0.6 is 0 Å². The predicted octanol–water partition coefficient (Wildman–Crippen LogP) is 6.79. The molecule has 3 saturated carbocycles. The molecule has 0 N–H and O–H groups in total. The lowest BCUT2D eigenvalue weighted by Gasteiger charge is -2.59. The molecule has 3 fully saturated rings. The van der Waals surface area contributed by atoms with Gasteiger partial charge in [-0.3, -0.25) is 0 Å². The molecule has 4 aliphatic carbocycles. The molecule has 8 atom stereocenters. The van der Waals surface area contributed by atoms with Crippen molar-refractivity contribution in [1.82, 2.24) is 0 Å². The SMILES string of the molecule is CCO[C@H]1C=C[C@@]2(C)[C@@H](CC[C@@H]3[C@@H]2CC[C@]2(C)[C@@H](OC(=O)Oc4ccccc4)CC[C@@H]32)C1. The first-order chi connectivity index (χ1) is 15.4. The lowest BCUT2D eigenvalue weighted by molar-refractivity contribution is -0.106. The van der Waals surface area contributed by atoms with Crippen molar-refractivity contribution < 1.29 is 19.0 Å². The summed E-state index contributed by atoms with van der Waals surface area (Å²) in [4.78, 5) is 12.5. The highest BCUT2D eigenvalue weighted by molar-refractivity contribution is 5.64. The Morgan fingerprint density at radius 1 is 1.03 bits per heavy atom. The fourth-order valence-electron chi connectivity index (χ4n) is 7.98. The summed E-state index contributed by atoms with van der Waals surface area (Å²) in [5, 5.41) is 0. The molecule has 0 unspecified atom stereocenters. The number of carbonyl (C=O) groups is 1. The zero-order chi connectivity index (χ0) is 22.3. The van der Waals surface area contributed by atoms with Crippen molar-refractivity contribution in [3.63, 3.8) is 0 Å². The predicted molar refractivity (Wildman–Crippen MR) is 124 cm³/mol. The number of hydrogen-bond donors (Lipinski definition) is 0. The molecular weight excluding hydrogens is 400 g/mol. The molecule has 174 valence electrons. The first kappa shape index (κ1) is 22.0. The maximum atomic E-state index is 12.5. The van der Waals surface area contributed by atoms with Gasteiger partial charge in [0, 0.05) is 12.0 Å². The molecule has 1 aromatic carbocycles. The zero-order valence-corrected chi connectivity index (χ0v) is 19.8. The molecule has 4 nitrogen and oxygen atoms in total. The van der Waals surface area contributed by atoms with Crippen LogP contribution < -0.4 is 4.74 Å². The van der Waals surface area contributed by atoms with Crippen LogP contribution in [0, 0.1) is 34.5 Å². The van der Waals surface area contributed by atoms with Gasteiger partial charge < -0.3 is 14.2 Å². The van der Waals surface area contributed by atoms with Gasteiger partial charge in [-0.15, -0.1) is 0 Å². The number of para-hydroxylation sites is 1. The Kier molecular flexibility index (Phi) is 5.86. The summed E-state index contributed by atoms with van der Waals surface area (Å²) in [6, 6.07) is 9.22. The Labute approximate surface area is 192 Å². The van der Waals surface area contributed by atoms with Gasteiger partial charge in [-0.25, -0.2) is 4.79 Å². The second kappa shape index (κ2) is 8.52. The smallest absolute Gasteiger partial charge is 0.430 e. The van der Waals surface area contributed by atoms with Crippen molar-refractivity contribution in [2.45, 2.75) is 77.9 Å². The van der Waals surface area contributed by atoms with Crippen molar-refractivity contribution in [2.24, 2.45) is 34.5 Å². The molecule has 4 aliphatic rings. The molecule has 0 aromatic heterocycles. The average Bonchev–Trinajstić information content (AvgIpc) is 3.11. The van der Waals surface area contributed by atoms with E-state index in [-0.39, 0.29) is 16.9 Å². The minimum absolute atomic E-state index is 0.0422. The van der Waals surface area contributed by atoms with Crippen molar-refractivity contribution in [2.75, 3.05) is 6.61 Å². The maximum Gasteiger partial charge on any atom is 0.514 e. The van der Waals surface area contributed by atoms with Gasteiger partial charge in [0.25, 0.3) is 0 Å². The van der Waals surface area contributed by atoms with Crippen molar-refractivity contribution in [1.29, 1.82) is 0 Å². The number of ether oxygens (including phenoxy) is 3. The van der Waals surface area contributed by atoms with E-state index < -0.39 is 6.16 Å². The molecule has 1 aromatic rings. The van der Waals surface area contributed by atoms with Crippen molar-refractivity contribution >= 4 is 6.16 Å². The monoisotopic (exact) mass is 438 g/mol. The Balaban J connectivity index is 1.29. The molecule has 32 heavy (non-hydrogen) atoms. The van der Waals surface area contributed by atoms with Crippen molar-refractivity contribution in [3.8, 4) is 5.75 Å². The van der Waals surface area contributed by atoms with Crippen LogP contribution in [-0.4, -0.2) is 25.0 Å². The Morgan fingerprint density at radius 3 is 2.62 bits per heavy atom. The molecule has 0 saturated heterocycles. The normalized spacial score (nSPS) is 42.5. The summed E-state index contributed by atoms with van der Waals surface area (Å²) in [7, 11) is 0. The number of rotatable bonds is 4. The Morgan fingerprint density at radius 2 is 1.84 bits per heavy atom. The van der Waals surface area contributed by atoms with E-state index in [4.69, 9.17) is 14.2 Å². The minimum atomic E-state index is -0.557. The number of carbonyl (C=O) groups excluding carboxylic acids is 1. The fraction of sp³-hybridized carbons (Fsp3) is 0.679. The fourth-order valence-corrected chi connectivity index (χ4v) is 7.98. The third kappa shape index (κ3) is 3.69. The van der Waals surface area contributed by atoms with E-state index in [1.165, 1.54) is 25.7 Å². The molecule has 0 heterocycles. The molecular formula is C28H38O4. The van der Waals surface area contributed by atoms with Gasteiger partial charge in [0.05, 0.1) is 6.10 Å². The van der Waals surface area contributed by atoms with Gasteiger partial charge in [0.1, 0.15) is 11.9 Å². The summed E-state index contributed by atoms with van der Waals surface area (Å²) in [6.45, 7) is 7.77. The van der Waals surface area contributed by atoms with Gasteiger partial charge in [0.2, 0.25) is 0 Å². The summed E-state index contributed by atoms with van der Waals surface area (Å²) < 4.78 is 17.3. The van der Waals surface area contributed by atoms with Gasteiger partial charge in [0.15, 0.2) is 0 Å². The van der Waals surface area contributed by atoms with E-state index in [9.17, 15) is 4.79 Å². The second-order valence-electron chi connectivity index (χ2n) is 11.0. The third-order valence-corrected chi connectivity index (χ3v) is 9.63. The van der Waals surface area contributed by atoms with E-state index in [0.717, 1.165) is 43.6 Å². The number of fused-ring (bicyclic) bond motifs is 5. The maximum absolute atomic E-state index is 12.5. The Hall–Kier alpha value is -1.81. The first-order valence-corrected chi connectivity index (χ1v) is 12.7. The summed E-state index contributed by atoms with van der Waals surface area (Å²) in [5.74, 6) is 3.35. The molecule has 4 heteroatoms. The Bertz CT molecular complexity index is 850. The van der Waals surface area contributed by atoms with Gasteiger partial charge in [-0.1, -0.05) is 44.2 Å². The third-order valence-electron chi connectivity index (χ3n) is 9.63. The van der Waals surface area contributed by atoms with Crippen LogP contribution in [0.4, 0.5) is 4.79 Å². The largest absolute Gasteiger partial charge is 0.514 e. The summed E-state index contributed by atoms with van der Waals surface area (Å²) in [5.41, 5.74) is 0.343. The van der Waals surface area contributed by atoms with Crippen molar-refractivity contribution in [3.05, 3.63) is 42.5 Å². The van der Waals surface area contributed by atoms with Crippen LogP contribution in [0.15, 0.2) is 42.5 Å².